The largest absolute Gasteiger partial charge is 0.493 e. The van der Waals surface area contributed by atoms with Crippen molar-refractivity contribution < 1.29 is 18.9 Å². The van der Waals surface area contributed by atoms with Crippen LogP contribution in [0.3, 0.4) is 0 Å². The summed E-state index contributed by atoms with van der Waals surface area (Å²) in [6, 6.07) is 11.7. The van der Waals surface area contributed by atoms with Crippen molar-refractivity contribution in [2.75, 3.05) is 33.8 Å². The van der Waals surface area contributed by atoms with E-state index in [1.165, 1.54) is 0 Å². The van der Waals surface area contributed by atoms with Crippen molar-refractivity contribution in [2.45, 2.75) is 18.5 Å². The van der Waals surface area contributed by atoms with Gasteiger partial charge in [-0.3, -0.25) is 0 Å². The van der Waals surface area contributed by atoms with Crippen LogP contribution in [0.1, 0.15) is 29.6 Å². The molecule has 4 rings (SSSR count). The van der Waals surface area contributed by atoms with Crippen LogP contribution in [0.5, 0.6) is 23.0 Å². The van der Waals surface area contributed by atoms with E-state index in [0.29, 0.717) is 28.9 Å². The number of tetrazole rings is 1. The Morgan fingerprint density at radius 2 is 1.41 bits per heavy atom. The van der Waals surface area contributed by atoms with Gasteiger partial charge in [-0.2, -0.15) is 0 Å². The summed E-state index contributed by atoms with van der Waals surface area (Å²) >= 11 is 0. The van der Waals surface area contributed by atoms with E-state index in [2.05, 4.69) is 20.8 Å². The van der Waals surface area contributed by atoms with E-state index in [4.69, 9.17) is 18.9 Å². The monoisotopic (exact) mass is 397 g/mol. The van der Waals surface area contributed by atoms with Crippen molar-refractivity contribution in [2.24, 2.45) is 0 Å². The van der Waals surface area contributed by atoms with Gasteiger partial charge in [-0.1, -0.05) is 17.2 Å². The second kappa shape index (κ2) is 7.86. The molecule has 29 heavy (non-hydrogen) atoms. The predicted octanol–water partition coefficient (Wildman–Crippen LogP) is 2.85. The molecule has 2 heterocycles. The lowest BCUT2D eigenvalue weighted by atomic mass is 9.93. The zero-order chi connectivity index (χ0) is 20.4. The molecule has 0 fully saturated rings. The van der Waals surface area contributed by atoms with Crippen LogP contribution in [-0.4, -0.2) is 48.6 Å². The first-order valence-electron chi connectivity index (χ1n) is 9.16. The molecular formula is C20H23N5O4. The Morgan fingerprint density at radius 1 is 0.828 bits per heavy atom. The number of fused-ring (bicyclic) bond motifs is 1. The molecule has 0 amide bonds. The molecule has 1 aliphatic rings. The minimum absolute atomic E-state index is 0.00796. The number of anilines is 1. The molecule has 1 N–H and O–H groups in total. The highest BCUT2D eigenvalue weighted by molar-refractivity contribution is 5.48. The first-order chi connectivity index (χ1) is 14.2. The van der Waals surface area contributed by atoms with E-state index in [0.717, 1.165) is 17.5 Å². The normalized spacial score (nSPS) is 17.8. The maximum Gasteiger partial charge on any atom is 0.243 e. The number of benzene rings is 2. The molecule has 2 aromatic carbocycles. The molecule has 1 aliphatic heterocycles. The topological polar surface area (TPSA) is 92.6 Å². The second-order valence-corrected chi connectivity index (χ2v) is 6.62. The summed E-state index contributed by atoms with van der Waals surface area (Å²) in [5, 5.41) is 15.6. The summed E-state index contributed by atoms with van der Waals surface area (Å²) in [6.45, 7) is 0. The third-order valence-electron chi connectivity index (χ3n) is 5.15. The molecule has 0 saturated carbocycles. The number of ether oxygens (including phenoxy) is 4. The highest BCUT2D eigenvalue weighted by Gasteiger charge is 2.31. The van der Waals surface area contributed by atoms with E-state index < -0.39 is 0 Å². The Hall–Kier alpha value is -3.49. The van der Waals surface area contributed by atoms with Crippen LogP contribution < -0.4 is 24.3 Å². The van der Waals surface area contributed by atoms with Crippen molar-refractivity contribution >= 4 is 5.95 Å². The molecule has 0 bridgehead atoms. The maximum absolute atomic E-state index is 5.47. The standard InChI is InChI=1S/C20H23N5O4/c1-26-16-7-5-12(9-18(16)28-3)14-11-15(25-20(21-14)22-23-24-25)13-6-8-17(27-2)19(10-13)29-4/h5-10,14-15H,11H2,1-4H3,(H,21,22,24). The fourth-order valence-corrected chi connectivity index (χ4v) is 3.66. The third-order valence-corrected chi connectivity index (χ3v) is 5.15. The van der Waals surface area contributed by atoms with Gasteiger partial charge in [0, 0.05) is 0 Å². The van der Waals surface area contributed by atoms with Crippen molar-refractivity contribution in [3.63, 3.8) is 0 Å². The van der Waals surface area contributed by atoms with Crippen molar-refractivity contribution in [3.05, 3.63) is 47.5 Å². The fourth-order valence-electron chi connectivity index (χ4n) is 3.66. The van der Waals surface area contributed by atoms with Gasteiger partial charge >= 0.3 is 0 Å². The van der Waals surface area contributed by atoms with E-state index in [1.807, 2.05) is 36.4 Å². The van der Waals surface area contributed by atoms with Crippen LogP contribution in [0.25, 0.3) is 0 Å². The van der Waals surface area contributed by atoms with Gasteiger partial charge in [-0.15, -0.1) is 0 Å². The van der Waals surface area contributed by atoms with Gasteiger partial charge in [0.1, 0.15) is 0 Å². The molecule has 9 nitrogen and oxygen atoms in total. The average molecular weight is 397 g/mol. The Labute approximate surface area is 168 Å². The summed E-state index contributed by atoms with van der Waals surface area (Å²) in [5.74, 6) is 3.32. The minimum Gasteiger partial charge on any atom is -0.493 e. The summed E-state index contributed by atoms with van der Waals surface area (Å²) in [6.07, 6.45) is 0.739. The van der Waals surface area contributed by atoms with Crippen molar-refractivity contribution in [1.82, 2.24) is 20.2 Å². The quantitative estimate of drug-likeness (QED) is 0.679. The summed E-state index contributed by atoms with van der Waals surface area (Å²) in [4.78, 5) is 0. The molecule has 1 aromatic heterocycles. The van der Waals surface area contributed by atoms with Gasteiger partial charge in [0.2, 0.25) is 5.95 Å². The zero-order valence-electron chi connectivity index (χ0n) is 16.7. The number of methoxy groups -OCH3 is 4. The zero-order valence-corrected chi connectivity index (χ0v) is 16.7. The number of hydrogen-bond donors (Lipinski definition) is 1. The first kappa shape index (κ1) is 18.9. The number of hydrogen-bond acceptors (Lipinski definition) is 8. The average Bonchev–Trinajstić information content (AvgIpc) is 3.26. The van der Waals surface area contributed by atoms with Crippen molar-refractivity contribution in [3.8, 4) is 23.0 Å². The molecule has 152 valence electrons. The van der Waals surface area contributed by atoms with Crippen LogP contribution >= 0.6 is 0 Å². The molecule has 3 aromatic rings. The maximum atomic E-state index is 5.47. The van der Waals surface area contributed by atoms with E-state index in [-0.39, 0.29) is 12.1 Å². The molecule has 9 heteroatoms. The van der Waals surface area contributed by atoms with Gasteiger partial charge in [-0.05, 0) is 52.2 Å². The summed E-state index contributed by atoms with van der Waals surface area (Å²) in [5.41, 5.74) is 2.09. The number of rotatable bonds is 6. The van der Waals surface area contributed by atoms with Gasteiger partial charge in [0.05, 0.1) is 40.5 Å². The lowest BCUT2D eigenvalue weighted by Crippen LogP contribution is -2.28. The van der Waals surface area contributed by atoms with E-state index in [1.54, 1.807) is 33.1 Å². The summed E-state index contributed by atoms with van der Waals surface area (Å²) in [7, 11) is 6.49. The van der Waals surface area contributed by atoms with Gasteiger partial charge < -0.3 is 24.3 Å². The molecule has 0 radical (unpaired) electrons. The van der Waals surface area contributed by atoms with Crippen LogP contribution in [0, 0.1) is 0 Å². The van der Waals surface area contributed by atoms with E-state index >= 15 is 0 Å². The SMILES string of the molecule is COc1ccc(C2CC(c3ccc(OC)c(OC)c3)n3nnnc3N2)cc1OC. The molecule has 0 aliphatic carbocycles. The molecular weight excluding hydrogens is 374 g/mol. The Bertz CT molecular complexity index is 1010. The smallest absolute Gasteiger partial charge is 0.243 e. The lowest BCUT2D eigenvalue weighted by Gasteiger charge is -2.31. The van der Waals surface area contributed by atoms with Crippen LogP contribution in [0.4, 0.5) is 5.95 Å². The second-order valence-electron chi connectivity index (χ2n) is 6.62. The minimum atomic E-state index is -0.0702. The van der Waals surface area contributed by atoms with Gasteiger partial charge in [0.15, 0.2) is 23.0 Å². The first-order valence-corrected chi connectivity index (χ1v) is 9.16. The summed E-state index contributed by atoms with van der Waals surface area (Å²) < 4.78 is 23.4. The molecule has 0 saturated heterocycles. The number of aromatic nitrogens is 4. The van der Waals surface area contributed by atoms with Crippen LogP contribution in [0.2, 0.25) is 0 Å². The third kappa shape index (κ3) is 3.39. The highest BCUT2D eigenvalue weighted by Crippen LogP contribution is 2.41. The Kier molecular flexibility index (Phi) is 5.11. The molecule has 0 spiro atoms. The predicted molar refractivity (Wildman–Crippen MR) is 106 cm³/mol. The molecule has 2 atom stereocenters. The van der Waals surface area contributed by atoms with E-state index in [9.17, 15) is 0 Å². The lowest BCUT2D eigenvalue weighted by molar-refractivity contribution is 0.351. The fraction of sp³-hybridized carbons (Fsp3) is 0.350. The number of nitrogens with zero attached hydrogens (tertiary/aromatic N) is 4. The van der Waals surface area contributed by atoms with Gasteiger partial charge in [0.25, 0.3) is 0 Å². The van der Waals surface area contributed by atoms with Crippen LogP contribution in [0.15, 0.2) is 36.4 Å². The number of nitrogens with one attached hydrogen (secondary N) is 1. The van der Waals surface area contributed by atoms with Crippen LogP contribution in [-0.2, 0) is 0 Å². The Morgan fingerprint density at radius 3 is 2.03 bits per heavy atom. The highest BCUT2D eigenvalue weighted by atomic mass is 16.5. The van der Waals surface area contributed by atoms with Crippen molar-refractivity contribution in [1.29, 1.82) is 0 Å². The van der Waals surface area contributed by atoms with Gasteiger partial charge in [-0.25, -0.2) is 4.68 Å². The Balaban J connectivity index is 1.72. The molecule has 2 unspecified atom stereocenters.